The van der Waals surface area contributed by atoms with E-state index in [1.165, 1.54) is 0 Å². The lowest BCUT2D eigenvalue weighted by molar-refractivity contribution is -0.129. The van der Waals surface area contributed by atoms with Crippen molar-refractivity contribution in [3.63, 3.8) is 0 Å². The Morgan fingerprint density at radius 3 is 2.62 bits per heavy atom. The number of hydrogen-bond acceptors (Lipinski definition) is 5. The summed E-state index contributed by atoms with van der Waals surface area (Å²) in [5, 5.41) is 12.1. The quantitative estimate of drug-likeness (QED) is 0.272. The number of nitrogens with one attached hydrogen (secondary N) is 2. The van der Waals surface area contributed by atoms with Crippen LogP contribution in [0.3, 0.4) is 0 Å². The maximum Gasteiger partial charge on any atom is 0.269 e. The highest BCUT2D eigenvalue weighted by atomic mass is 79.9. The molecule has 0 fully saturated rings. The Labute approximate surface area is 176 Å². The summed E-state index contributed by atoms with van der Waals surface area (Å²) in [7, 11) is 0. The van der Waals surface area contributed by atoms with E-state index in [1.807, 2.05) is 48.5 Å². The molecule has 3 aromatic rings. The molecular weight excluding hydrogens is 438 g/mol. The van der Waals surface area contributed by atoms with Crippen molar-refractivity contribution in [1.82, 2.24) is 15.8 Å². The highest BCUT2D eigenvalue weighted by molar-refractivity contribution is 9.10. The van der Waals surface area contributed by atoms with Crippen LogP contribution >= 0.6 is 15.9 Å². The van der Waals surface area contributed by atoms with Crippen molar-refractivity contribution in [3.05, 3.63) is 70.3 Å². The zero-order valence-electron chi connectivity index (χ0n) is 15.5. The molecule has 1 aromatic heterocycles. The van der Waals surface area contributed by atoms with Crippen molar-refractivity contribution < 1.29 is 19.5 Å². The molecule has 29 heavy (non-hydrogen) atoms. The van der Waals surface area contributed by atoms with Gasteiger partial charge in [0.2, 0.25) is 5.91 Å². The first kappa shape index (κ1) is 20.8. The van der Waals surface area contributed by atoms with Crippen molar-refractivity contribution in [3.8, 4) is 5.75 Å². The van der Waals surface area contributed by atoms with Gasteiger partial charge < -0.3 is 10.1 Å². The molecule has 8 heteroatoms. The number of amides is 2. The van der Waals surface area contributed by atoms with Crippen LogP contribution in [0.5, 0.6) is 5.75 Å². The Morgan fingerprint density at radius 2 is 1.86 bits per heavy atom. The summed E-state index contributed by atoms with van der Waals surface area (Å²) in [6.45, 7) is 0.686. The number of nitrogens with zero attached hydrogens (tertiary/aromatic N) is 1. The minimum absolute atomic E-state index is 0.121. The topological polar surface area (TPSA) is 101 Å². The number of ether oxygens (including phenoxy) is 1. The summed E-state index contributed by atoms with van der Waals surface area (Å²) in [6.07, 6.45) is 0.531. The van der Waals surface area contributed by atoms with Crippen molar-refractivity contribution in [1.29, 1.82) is 0 Å². The number of pyridine rings is 1. The van der Waals surface area contributed by atoms with Crippen LogP contribution in [0.15, 0.2) is 59.1 Å². The highest BCUT2D eigenvalue weighted by Crippen LogP contribution is 2.25. The predicted octanol–water partition coefficient (Wildman–Crippen LogP) is 3.59. The second-order valence-corrected chi connectivity index (χ2v) is 7.25. The van der Waals surface area contributed by atoms with E-state index >= 15 is 0 Å². The number of carbonyl (C=O) groups is 2. The predicted molar refractivity (Wildman–Crippen MR) is 112 cm³/mol. The molecule has 0 aliphatic carbocycles. The molecule has 0 radical (unpaired) electrons. The lowest BCUT2D eigenvalue weighted by Crippen LogP contribution is -2.27. The van der Waals surface area contributed by atoms with E-state index in [1.54, 1.807) is 11.5 Å². The molecule has 3 rings (SSSR count). The summed E-state index contributed by atoms with van der Waals surface area (Å²) < 4.78 is 6.94. The lowest BCUT2D eigenvalue weighted by Gasteiger charge is -2.10. The molecule has 0 aliphatic heterocycles. The van der Waals surface area contributed by atoms with Gasteiger partial charge in [-0.05, 0) is 36.2 Å². The lowest BCUT2D eigenvalue weighted by atomic mass is 10.2. The summed E-state index contributed by atoms with van der Waals surface area (Å²) in [5.74, 6) is -0.227. The van der Waals surface area contributed by atoms with Crippen LogP contribution in [0.1, 0.15) is 28.9 Å². The number of aromatic nitrogens is 1. The molecule has 3 N–H and O–H groups in total. The Hall–Kier alpha value is -2.97. The molecule has 1 heterocycles. The number of para-hydroxylation sites is 1. The highest BCUT2D eigenvalue weighted by Gasteiger charge is 2.11. The fourth-order valence-electron chi connectivity index (χ4n) is 2.70. The summed E-state index contributed by atoms with van der Waals surface area (Å²) in [5.41, 5.74) is 3.45. The zero-order valence-corrected chi connectivity index (χ0v) is 17.1. The van der Waals surface area contributed by atoms with Crippen LogP contribution in [0.2, 0.25) is 0 Å². The van der Waals surface area contributed by atoms with E-state index < -0.39 is 5.91 Å². The molecule has 0 saturated carbocycles. The van der Waals surface area contributed by atoms with Crippen LogP contribution in [-0.2, 0) is 11.4 Å². The van der Waals surface area contributed by atoms with Crippen molar-refractivity contribution in [2.24, 2.45) is 0 Å². The van der Waals surface area contributed by atoms with Gasteiger partial charge in [-0.15, -0.1) is 0 Å². The summed E-state index contributed by atoms with van der Waals surface area (Å²) in [4.78, 5) is 27.8. The Kier molecular flexibility index (Phi) is 7.15. The fourth-order valence-corrected chi connectivity index (χ4v) is 2.97. The maximum absolute atomic E-state index is 12.4. The van der Waals surface area contributed by atoms with Crippen molar-refractivity contribution in [2.75, 3.05) is 6.54 Å². The number of carbonyl (C=O) groups excluding carboxylic acids is 2. The number of hydrogen-bond donors (Lipinski definition) is 3. The van der Waals surface area contributed by atoms with Gasteiger partial charge >= 0.3 is 0 Å². The molecule has 0 bridgehead atoms. The zero-order chi connectivity index (χ0) is 20.6. The average molecular weight is 458 g/mol. The Bertz CT molecular complexity index is 1010. The summed E-state index contributed by atoms with van der Waals surface area (Å²) in [6, 6.07) is 16.9. The molecule has 7 nitrogen and oxygen atoms in total. The van der Waals surface area contributed by atoms with Crippen molar-refractivity contribution >= 4 is 38.6 Å². The van der Waals surface area contributed by atoms with Crippen LogP contribution in [0.25, 0.3) is 10.9 Å². The molecule has 2 amide bonds. The number of benzene rings is 2. The summed E-state index contributed by atoms with van der Waals surface area (Å²) >= 11 is 3.41. The minimum Gasteiger partial charge on any atom is -0.487 e. The van der Waals surface area contributed by atoms with Gasteiger partial charge in [-0.1, -0.05) is 46.3 Å². The third kappa shape index (κ3) is 5.75. The first-order chi connectivity index (χ1) is 14.1. The van der Waals surface area contributed by atoms with Gasteiger partial charge in [0.15, 0.2) is 0 Å². The molecule has 0 atom stereocenters. The maximum atomic E-state index is 12.4. The van der Waals surface area contributed by atoms with Crippen LogP contribution in [0.4, 0.5) is 0 Å². The fraction of sp³-hybridized carbons (Fsp3) is 0.190. The second kappa shape index (κ2) is 9.99. The smallest absolute Gasteiger partial charge is 0.269 e. The average Bonchev–Trinajstić information content (AvgIpc) is 2.75. The molecule has 150 valence electrons. The van der Waals surface area contributed by atoms with E-state index in [-0.39, 0.29) is 18.0 Å². The van der Waals surface area contributed by atoms with Gasteiger partial charge in [-0.25, -0.2) is 10.5 Å². The standard InChI is InChI=1S/C21H20BrN3O4/c22-16-9-6-14(7-10-16)13-29-18-4-1-3-15-8-11-17(24-20(15)18)21(27)23-12-2-5-19(26)25-28/h1,3-4,6-11,28H,2,5,12-13H2,(H,23,27)(H,25,26). The molecule has 0 saturated heterocycles. The van der Waals surface area contributed by atoms with Gasteiger partial charge in [-0.2, -0.15) is 0 Å². The van der Waals surface area contributed by atoms with Crippen LogP contribution in [0, 0.1) is 0 Å². The molecule has 0 spiro atoms. The van der Waals surface area contributed by atoms with Gasteiger partial charge in [0.05, 0.1) is 0 Å². The van der Waals surface area contributed by atoms with Gasteiger partial charge in [-0.3, -0.25) is 14.8 Å². The Morgan fingerprint density at radius 1 is 1.07 bits per heavy atom. The van der Waals surface area contributed by atoms with Crippen LogP contribution in [-0.4, -0.2) is 28.6 Å². The van der Waals surface area contributed by atoms with E-state index in [2.05, 4.69) is 26.2 Å². The van der Waals surface area contributed by atoms with Crippen molar-refractivity contribution in [2.45, 2.75) is 19.4 Å². The van der Waals surface area contributed by atoms with E-state index in [9.17, 15) is 9.59 Å². The first-order valence-electron chi connectivity index (χ1n) is 9.05. The largest absolute Gasteiger partial charge is 0.487 e. The van der Waals surface area contributed by atoms with Gasteiger partial charge in [0.25, 0.3) is 5.91 Å². The van der Waals surface area contributed by atoms with E-state index in [0.29, 0.717) is 30.8 Å². The SMILES string of the molecule is O=C(CCCNC(=O)c1ccc2cccc(OCc3ccc(Br)cc3)c2n1)NO. The number of hydroxylamine groups is 1. The second-order valence-electron chi connectivity index (χ2n) is 6.33. The third-order valence-electron chi connectivity index (χ3n) is 4.21. The minimum atomic E-state index is -0.490. The number of halogens is 1. The van der Waals surface area contributed by atoms with Crippen LogP contribution < -0.4 is 15.5 Å². The monoisotopic (exact) mass is 457 g/mol. The molecular formula is C21H20BrN3O4. The van der Waals surface area contributed by atoms with E-state index in [4.69, 9.17) is 9.94 Å². The van der Waals surface area contributed by atoms with Gasteiger partial charge in [0, 0.05) is 22.8 Å². The van der Waals surface area contributed by atoms with E-state index in [0.717, 1.165) is 15.4 Å². The molecule has 0 aliphatic rings. The Balaban J connectivity index is 1.69. The molecule has 0 unspecified atom stereocenters. The number of fused-ring (bicyclic) bond motifs is 1. The first-order valence-corrected chi connectivity index (χ1v) is 9.84. The molecule has 2 aromatic carbocycles. The van der Waals surface area contributed by atoms with Gasteiger partial charge in [0.1, 0.15) is 23.6 Å². The normalized spacial score (nSPS) is 10.6. The third-order valence-corrected chi connectivity index (χ3v) is 4.74. The number of rotatable bonds is 8.